The normalized spacial score (nSPS) is 17.5. The summed E-state index contributed by atoms with van der Waals surface area (Å²) in [5.74, 6) is -0.544. The maximum absolute atomic E-state index is 13.4. The molecule has 0 spiro atoms. The summed E-state index contributed by atoms with van der Waals surface area (Å²) in [6, 6.07) is 12.6. The number of carbonyl (C=O) groups excluding carboxylic acids is 1. The number of nitrogens with zero attached hydrogens (tertiary/aromatic N) is 2. The fourth-order valence-electron chi connectivity index (χ4n) is 3.72. The summed E-state index contributed by atoms with van der Waals surface area (Å²) in [4.78, 5) is 16.6. The summed E-state index contributed by atoms with van der Waals surface area (Å²) in [6.45, 7) is 3.12. The van der Waals surface area contributed by atoms with Gasteiger partial charge in [-0.05, 0) is 35.4 Å². The van der Waals surface area contributed by atoms with Crippen LogP contribution in [0.25, 0.3) is 0 Å². The van der Waals surface area contributed by atoms with Gasteiger partial charge in [-0.15, -0.1) is 0 Å². The summed E-state index contributed by atoms with van der Waals surface area (Å²) in [7, 11) is 0. The van der Waals surface area contributed by atoms with Crippen molar-refractivity contribution in [2.45, 2.75) is 6.04 Å². The SMILES string of the molecule is O=C(C1=COCCO1)N1CCN(C(c2ccc(F)cc2)c2ccc(F)cc2)CC1. The van der Waals surface area contributed by atoms with Crippen molar-refractivity contribution in [2.75, 3.05) is 39.4 Å². The molecule has 0 atom stereocenters. The van der Waals surface area contributed by atoms with Crippen LogP contribution in [0.2, 0.25) is 0 Å². The Kier molecular flexibility index (Phi) is 5.76. The summed E-state index contributed by atoms with van der Waals surface area (Å²) in [6.07, 6.45) is 1.37. The molecule has 5 nitrogen and oxygen atoms in total. The van der Waals surface area contributed by atoms with Gasteiger partial charge >= 0.3 is 0 Å². The zero-order valence-electron chi connectivity index (χ0n) is 15.9. The van der Waals surface area contributed by atoms with Gasteiger partial charge in [0.15, 0.2) is 0 Å². The Morgan fingerprint density at radius 1 is 0.828 bits per heavy atom. The van der Waals surface area contributed by atoms with Crippen LogP contribution in [0.5, 0.6) is 0 Å². The number of piperazine rings is 1. The molecule has 29 heavy (non-hydrogen) atoms. The molecule has 2 aromatic rings. The molecule has 0 aromatic heterocycles. The van der Waals surface area contributed by atoms with Crippen LogP contribution in [-0.2, 0) is 14.3 Å². The van der Waals surface area contributed by atoms with Gasteiger partial charge in [0, 0.05) is 26.2 Å². The van der Waals surface area contributed by atoms with E-state index in [-0.39, 0.29) is 29.3 Å². The lowest BCUT2D eigenvalue weighted by molar-refractivity contribution is -0.134. The number of carbonyl (C=O) groups is 1. The smallest absolute Gasteiger partial charge is 0.292 e. The number of hydrogen-bond donors (Lipinski definition) is 0. The van der Waals surface area contributed by atoms with Crippen molar-refractivity contribution < 1.29 is 23.0 Å². The monoisotopic (exact) mass is 400 g/mol. The third-order valence-corrected chi connectivity index (χ3v) is 5.20. The molecule has 2 aliphatic heterocycles. The zero-order valence-corrected chi connectivity index (χ0v) is 15.9. The first-order valence-corrected chi connectivity index (χ1v) is 9.60. The first-order valence-electron chi connectivity index (χ1n) is 9.60. The van der Waals surface area contributed by atoms with Crippen LogP contribution in [-0.4, -0.2) is 55.1 Å². The van der Waals surface area contributed by atoms with Gasteiger partial charge in [0.1, 0.15) is 31.1 Å². The quantitative estimate of drug-likeness (QED) is 0.791. The molecule has 0 aliphatic carbocycles. The van der Waals surface area contributed by atoms with Crippen LogP contribution in [0.15, 0.2) is 60.6 Å². The van der Waals surface area contributed by atoms with Crippen LogP contribution in [0.1, 0.15) is 17.2 Å². The number of amides is 1. The Morgan fingerprint density at radius 2 is 1.38 bits per heavy atom. The Bertz CT molecular complexity index is 830. The van der Waals surface area contributed by atoms with E-state index in [0.717, 1.165) is 11.1 Å². The highest BCUT2D eigenvalue weighted by atomic mass is 19.1. The van der Waals surface area contributed by atoms with Crippen molar-refractivity contribution in [3.63, 3.8) is 0 Å². The minimum atomic E-state index is -0.301. The van der Waals surface area contributed by atoms with Crippen molar-refractivity contribution in [3.05, 3.63) is 83.3 Å². The maximum Gasteiger partial charge on any atom is 0.292 e. The standard InChI is InChI=1S/C22H22F2N2O3/c23-18-5-1-16(2-6-18)21(17-3-7-19(24)8-4-17)25-9-11-26(12-10-25)22(27)20-15-28-13-14-29-20/h1-8,15,21H,9-14H2. The number of ether oxygens (including phenoxy) is 2. The van der Waals surface area contributed by atoms with E-state index in [0.29, 0.717) is 39.4 Å². The Labute approximate surface area is 168 Å². The van der Waals surface area contributed by atoms with E-state index in [4.69, 9.17) is 9.47 Å². The Balaban J connectivity index is 1.52. The molecule has 4 rings (SSSR count). The van der Waals surface area contributed by atoms with Crippen molar-refractivity contribution in [1.29, 1.82) is 0 Å². The van der Waals surface area contributed by atoms with E-state index < -0.39 is 0 Å². The van der Waals surface area contributed by atoms with E-state index >= 15 is 0 Å². The van der Waals surface area contributed by atoms with Crippen LogP contribution in [0.4, 0.5) is 8.78 Å². The lowest BCUT2D eigenvalue weighted by Gasteiger charge is -2.40. The van der Waals surface area contributed by atoms with Gasteiger partial charge in [0.2, 0.25) is 5.76 Å². The molecule has 0 N–H and O–H groups in total. The highest BCUT2D eigenvalue weighted by Crippen LogP contribution is 2.30. The molecule has 0 unspecified atom stereocenters. The highest BCUT2D eigenvalue weighted by molar-refractivity contribution is 5.91. The second-order valence-corrected chi connectivity index (χ2v) is 7.04. The third kappa shape index (κ3) is 4.40. The second-order valence-electron chi connectivity index (χ2n) is 7.04. The summed E-state index contributed by atoms with van der Waals surface area (Å²) in [5, 5.41) is 0. The van der Waals surface area contributed by atoms with Gasteiger partial charge < -0.3 is 14.4 Å². The van der Waals surface area contributed by atoms with E-state index in [2.05, 4.69) is 4.90 Å². The molecule has 2 heterocycles. The average molecular weight is 400 g/mol. The van der Waals surface area contributed by atoms with Gasteiger partial charge in [-0.1, -0.05) is 24.3 Å². The van der Waals surface area contributed by atoms with Crippen molar-refractivity contribution >= 4 is 5.91 Å². The molecule has 1 amide bonds. The fraction of sp³-hybridized carbons (Fsp3) is 0.318. The largest absolute Gasteiger partial charge is 0.494 e. The molecule has 1 fully saturated rings. The highest BCUT2D eigenvalue weighted by Gasteiger charge is 2.30. The average Bonchev–Trinajstić information content (AvgIpc) is 2.77. The fourth-order valence-corrected chi connectivity index (χ4v) is 3.72. The van der Waals surface area contributed by atoms with E-state index in [9.17, 15) is 13.6 Å². The number of halogens is 2. The van der Waals surface area contributed by atoms with E-state index in [1.807, 2.05) is 0 Å². The van der Waals surface area contributed by atoms with E-state index in [1.165, 1.54) is 30.5 Å². The van der Waals surface area contributed by atoms with Crippen LogP contribution in [0, 0.1) is 11.6 Å². The molecule has 0 saturated carbocycles. The molecule has 7 heteroatoms. The summed E-state index contributed by atoms with van der Waals surface area (Å²) >= 11 is 0. The summed E-state index contributed by atoms with van der Waals surface area (Å²) < 4.78 is 37.4. The van der Waals surface area contributed by atoms with Crippen LogP contribution < -0.4 is 0 Å². The van der Waals surface area contributed by atoms with Crippen LogP contribution >= 0.6 is 0 Å². The molecule has 1 saturated heterocycles. The second kappa shape index (κ2) is 8.61. The van der Waals surface area contributed by atoms with Gasteiger partial charge in [0.05, 0.1) is 6.04 Å². The zero-order chi connectivity index (χ0) is 20.2. The molecule has 2 aromatic carbocycles. The maximum atomic E-state index is 13.4. The summed E-state index contributed by atoms with van der Waals surface area (Å²) in [5.41, 5.74) is 1.84. The topological polar surface area (TPSA) is 42.0 Å². The van der Waals surface area contributed by atoms with Gasteiger partial charge in [-0.2, -0.15) is 0 Å². The molecule has 0 radical (unpaired) electrons. The van der Waals surface area contributed by atoms with Gasteiger partial charge in [-0.3, -0.25) is 9.69 Å². The van der Waals surface area contributed by atoms with Gasteiger partial charge in [0.25, 0.3) is 5.91 Å². The number of hydrogen-bond acceptors (Lipinski definition) is 4. The van der Waals surface area contributed by atoms with Gasteiger partial charge in [-0.25, -0.2) is 8.78 Å². The van der Waals surface area contributed by atoms with E-state index in [1.54, 1.807) is 29.2 Å². The number of rotatable bonds is 4. The first-order chi connectivity index (χ1) is 14.1. The first kappa shape index (κ1) is 19.4. The molecule has 2 aliphatic rings. The minimum Gasteiger partial charge on any atom is -0.494 e. The van der Waals surface area contributed by atoms with Crippen LogP contribution in [0.3, 0.4) is 0 Å². The van der Waals surface area contributed by atoms with Crippen molar-refractivity contribution in [2.24, 2.45) is 0 Å². The Morgan fingerprint density at radius 3 is 1.86 bits per heavy atom. The predicted molar refractivity (Wildman–Crippen MR) is 103 cm³/mol. The Hall–Kier alpha value is -2.93. The molecular formula is C22H22F2N2O3. The van der Waals surface area contributed by atoms with Crippen molar-refractivity contribution in [3.8, 4) is 0 Å². The molecule has 0 bridgehead atoms. The molecular weight excluding hydrogens is 378 g/mol. The molecule has 152 valence electrons. The lowest BCUT2D eigenvalue weighted by atomic mass is 9.96. The minimum absolute atomic E-state index is 0.151. The number of benzene rings is 2. The lowest BCUT2D eigenvalue weighted by Crippen LogP contribution is -2.50. The van der Waals surface area contributed by atoms with Crippen molar-refractivity contribution in [1.82, 2.24) is 9.80 Å². The predicted octanol–water partition coefficient (Wildman–Crippen LogP) is 3.09. The third-order valence-electron chi connectivity index (χ3n) is 5.20.